The molecule has 2 amide bonds. The maximum Gasteiger partial charge on any atom is 0.417 e. The van der Waals surface area contributed by atoms with Crippen molar-refractivity contribution in [1.82, 2.24) is 14.9 Å². The molecule has 6 rings (SSSR count). The first-order chi connectivity index (χ1) is 15.5. The van der Waals surface area contributed by atoms with E-state index in [-0.39, 0.29) is 30.7 Å². The summed E-state index contributed by atoms with van der Waals surface area (Å²) in [5.41, 5.74) is -1.26. The fourth-order valence-corrected chi connectivity index (χ4v) is 8.71. The van der Waals surface area contributed by atoms with E-state index in [0.29, 0.717) is 30.6 Å². The van der Waals surface area contributed by atoms with E-state index in [0.717, 1.165) is 35.7 Å². The normalized spacial score (nSPS) is 32.6. The third-order valence-corrected chi connectivity index (χ3v) is 9.97. The van der Waals surface area contributed by atoms with Crippen LogP contribution in [0.15, 0.2) is 29.2 Å². The lowest BCUT2D eigenvalue weighted by Gasteiger charge is -2.56. The van der Waals surface area contributed by atoms with E-state index >= 15 is 0 Å². The van der Waals surface area contributed by atoms with Gasteiger partial charge in [0.05, 0.1) is 10.5 Å². The summed E-state index contributed by atoms with van der Waals surface area (Å²) in [5.74, 6) is 2.14. The van der Waals surface area contributed by atoms with Gasteiger partial charge in [0.15, 0.2) is 0 Å². The second-order valence-electron chi connectivity index (χ2n) is 10.5. The van der Waals surface area contributed by atoms with Gasteiger partial charge in [0.25, 0.3) is 0 Å². The highest BCUT2D eigenvalue weighted by molar-refractivity contribution is 7.89. The van der Waals surface area contributed by atoms with Crippen LogP contribution in [-0.4, -0.2) is 43.4 Å². The minimum atomic E-state index is -4.75. The molecule has 1 aromatic rings. The number of hydrogen-bond acceptors (Lipinski definition) is 3. The summed E-state index contributed by atoms with van der Waals surface area (Å²) in [5, 5.41) is 6.25. The van der Waals surface area contributed by atoms with Crippen molar-refractivity contribution in [2.24, 2.45) is 17.8 Å². The topological polar surface area (TPSA) is 78.5 Å². The first-order valence-electron chi connectivity index (χ1n) is 11.8. The molecule has 0 unspecified atom stereocenters. The number of halogens is 3. The van der Waals surface area contributed by atoms with E-state index in [2.05, 4.69) is 10.6 Å². The highest BCUT2D eigenvalue weighted by atomic mass is 32.2. The van der Waals surface area contributed by atoms with Crippen LogP contribution >= 0.6 is 0 Å². The molecule has 10 heteroatoms. The molecular weight excluding hydrogens is 455 g/mol. The third-order valence-electron chi connectivity index (χ3n) is 8.02. The number of nitrogens with one attached hydrogen (secondary N) is 2. The molecule has 1 saturated heterocycles. The summed E-state index contributed by atoms with van der Waals surface area (Å²) in [6.07, 6.45) is 2.96. The van der Waals surface area contributed by atoms with E-state index in [1.54, 1.807) is 0 Å². The van der Waals surface area contributed by atoms with E-state index in [1.807, 2.05) is 0 Å². The van der Waals surface area contributed by atoms with Crippen LogP contribution in [0.25, 0.3) is 0 Å². The molecule has 0 spiro atoms. The van der Waals surface area contributed by atoms with Gasteiger partial charge in [-0.05, 0) is 81.3 Å². The summed E-state index contributed by atoms with van der Waals surface area (Å²) in [6.45, 7) is 0.133. The molecule has 2 N–H and O–H groups in total. The molecule has 6 nitrogen and oxygen atoms in total. The zero-order valence-corrected chi connectivity index (χ0v) is 19.2. The average molecular weight is 486 g/mol. The number of sulfonamides is 1. The van der Waals surface area contributed by atoms with Crippen molar-refractivity contribution in [2.75, 3.05) is 13.1 Å². The molecule has 4 saturated carbocycles. The Hall–Kier alpha value is -1.81. The summed E-state index contributed by atoms with van der Waals surface area (Å²) < 4.78 is 66.9. The van der Waals surface area contributed by atoms with E-state index in [1.165, 1.54) is 31.4 Å². The molecule has 4 bridgehead atoms. The first kappa shape index (κ1) is 23.0. The van der Waals surface area contributed by atoms with Crippen molar-refractivity contribution in [1.29, 1.82) is 0 Å². The molecule has 4 aliphatic carbocycles. The predicted octanol–water partition coefficient (Wildman–Crippen LogP) is 4.13. The van der Waals surface area contributed by atoms with Gasteiger partial charge in [-0.2, -0.15) is 17.5 Å². The van der Waals surface area contributed by atoms with Gasteiger partial charge in [-0.15, -0.1) is 0 Å². The highest BCUT2D eigenvalue weighted by Crippen LogP contribution is 2.55. The Morgan fingerprint density at radius 1 is 0.970 bits per heavy atom. The van der Waals surface area contributed by atoms with Gasteiger partial charge in [0.2, 0.25) is 10.0 Å². The monoisotopic (exact) mass is 485 g/mol. The molecule has 0 atom stereocenters. The van der Waals surface area contributed by atoms with Crippen molar-refractivity contribution < 1.29 is 26.4 Å². The summed E-state index contributed by atoms with van der Waals surface area (Å²) in [7, 11) is -4.28. The molecule has 0 radical (unpaired) electrons. The molecule has 0 aromatic heterocycles. The van der Waals surface area contributed by atoms with Crippen LogP contribution in [0.3, 0.4) is 0 Å². The number of carbonyl (C=O) groups is 1. The van der Waals surface area contributed by atoms with E-state index < -0.39 is 26.7 Å². The number of benzene rings is 1. The number of hydrogen-bond donors (Lipinski definition) is 2. The van der Waals surface area contributed by atoms with Gasteiger partial charge in [-0.3, -0.25) is 0 Å². The minimum Gasteiger partial charge on any atom is -0.335 e. The van der Waals surface area contributed by atoms with Crippen LogP contribution in [0.4, 0.5) is 18.0 Å². The zero-order valence-electron chi connectivity index (χ0n) is 18.4. The summed E-state index contributed by atoms with van der Waals surface area (Å²) in [4.78, 5) is 12.1. The Morgan fingerprint density at radius 2 is 1.52 bits per heavy atom. The lowest BCUT2D eigenvalue weighted by molar-refractivity contribution is -0.139. The van der Waals surface area contributed by atoms with Crippen LogP contribution < -0.4 is 10.6 Å². The quantitative estimate of drug-likeness (QED) is 0.673. The van der Waals surface area contributed by atoms with Crippen molar-refractivity contribution in [3.8, 4) is 0 Å². The molecular formula is C23H30F3N3O3S. The zero-order chi connectivity index (χ0) is 23.4. The third kappa shape index (κ3) is 4.48. The molecule has 5 aliphatic rings. The van der Waals surface area contributed by atoms with Crippen LogP contribution in [0.2, 0.25) is 0 Å². The standard InChI is InChI=1S/C23H30F3N3O3S/c24-23(25,26)19-3-1-2-4-20(19)33(31,32)29-7-5-18(6-8-29)27-21(30)28-22-12-15-9-16(13-22)11-17(10-15)14-22/h1-4,15-18H,5-14H2,(H2,27,28,30). The number of alkyl halides is 3. The van der Waals surface area contributed by atoms with Crippen LogP contribution in [0, 0.1) is 17.8 Å². The molecule has 1 heterocycles. The maximum absolute atomic E-state index is 13.3. The van der Waals surface area contributed by atoms with Gasteiger partial charge in [-0.1, -0.05) is 12.1 Å². The SMILES string of the molecule is O=C(NC1CCN(S(=O)(=O)c2ccccc2C(F)(F)F)CC1)NC12CC3CC(CC(C3)C1)C2. The van der Waals surface area contributed by atoms with E-state index in [4.69, 9.17) is 0 Å². The first-order valence-corrected chi connectivity index (χ1v) is 13.2. The van der Waals surface area contributed by atoms with Crippen molar-refractivity contribution >= 4 is 16.1 Å². The van der Waals surface area contributed by atoms with Gasteiger partial charge in [-0.25, -0.2) is 13.2 Å². The van der Waals surface area contributed by atoms with Crippen LogP contribution in [-0.2, 0) is 16.2 Å². The smallest absolute Gasteiger partial charge is 0.335 e. The van der Waals surface area contributed by atoms with Crippen molar-refractivity contribution in [2.45, 2.75) is 74.0 Å². The van der Waals surface area contributed by atoms with Crippen LogP contribution in [0.1, 0.15) is 56.9 Å². The highest BCUT2D eigenvalue weighted by Gasteiger charge is 2.51. The maximum atomic E-state index is 13.3. The molecule has 182 valence electrons. The lowest BCUT2D eigenvalue weighted by atomic mass is 9.53. The lowest BCUT2D eigenvalue weighted by Crippen LogP contribution is -2.62. The van der Waals surface area contributed by atoms with Crippen LogP contribution in [0.5, 0.6) is 0 Å². The average Bonchev–Trinajstić information content (AvgIpc) is 2.72. The molecule has 1 aromatic carbocycles. The fraction of sp³-hybridized carbons (Fsp3) is 0.696. The van der Waals surface area contributed by atoms with Gasteiger partial charge < -0.3 is 10.6 Å². The molecule has 33 heavy (non-hydrogen) atoms. The summed E-state index contributed by atoms with van der Waals surface area (Å²) in [6, 6.07) is 3.85. The largest absolute Gasteiger partial charge is 0.417 e. The number of piperidine rings is 1. The predicted molar refractivity (Wildman–Crippen MR) is 116 cm³/mol. The second kappa shape index (κ2) is 8.15. The van der Waals surface area contributed by atoms with Gasteiger partial charge in [0.1, 0.15) is 0 Å². The number of nitrogens with zero attached hydrogens (tertiary/aromatic N) is 1. The second-order valence-corrected chi connectivity index (χ2v) is 12.4. The van der Waals surface area contributed by atoms with E-state index in [9.17, 15) is 26.4 Å². The molecule has 5 fully saturated rings. The summed E-state index contributed by atoms with van der Waals surface area (Å²) >= 11 is 0. The van der Waals surface area contributed by atoms with Gasteiger partial charge in [0, 0.05) is 24.7 Å². The Morgan fingerprint density at radius 3 is 2.06 bits per heavy atom. The Balaban J connectivity index is 1.18. The fourth-order valence-electron chi connectivity index (χ4n) is 7.03. The Labute approximate surface area is 192 Å². The number of carbonyl (C=O) groups excluding carboxylic acids is 1. The number of rotatable bonds is 4. The van der Waals surface area contributed by atoms with Crippen molar-refractivity contribution in [3.05, 3.63) is 29.8 Å². The minimum absolute atomic E-state index is 0.0663. The molecule has 1 aliphatic heterocycles. The Bertz CT molecular complexity index is 984. The Kier molecular flexibility index (Phi) is 5.67. The van der Waals surface area contributed by atoms with Gasteiger partial charge >= 0.3 is 12.2 Å². The number of amides is 2. The number of urea groups is 1. The van der Waals surface area contributed by atoms with Crippen molar-refractivity contribution in [3.63, 3.8) is 0 Å².